The SMILES string of the molecule is CC(C)CCCCCCCS[S]. The molecule has 73 valence electrons. The maximum Gasteiger partial charge on any atom is 0.00454 e. The van der Waals surface area contributed by atoms with Crippen molar-refractivity contribution in [3.05, 3.63) is 0 Å². The van der Waals surface area contributed by atoms with Crippen molar-refractivity contribution in [2.45, 2.75) is 52.4 Å². The molecule has 0 spiro atoms. The van der Waals surface area contributed by atoms with E-state index in [0.717, 1.165) is 5.92 Å². The Morgan fingerprint density at radius 1 is 1.00 bits per heavy atom. The maximum atomic E-state index is 4.80. The molecular weight excluding hydrogens is 184 g/mol. The van der Waals surface area contributed by atoms with E-state index in [2.05, 4.69) is 13.8 Å². The minimum Gasteiger partial charge on any atom is -0.0817 e. The highest BCUT2D eigenvalue weighted by Gasteiger charge is 1.94. The molecule has 0 fully saturated rings. The lowest BCUT2D eigenvalue weighted by Crippen LogP contribution is -1.87. The molecule has 0 aliphatic heterocycles. The normalized spacial score (nSPS) is 11.0. The average Bonchev–Trinajstić information content (AvgIpc) is 2.02. The number of hydrogen-bond donors (Lipinski definition) is 0. The van der Waals surface area contributed by atoms with Gasteiger partial charge in [0, 0.05) is 5.75 Å². The van der Waals surface area contributed by atoms with Crippen LogP contribution in [-0.4, -0.2) is 5.75 Å². The molecule has 0 nitrogen and oxygen atoms in total. The lowest BCUT2D eigenvalue weighted by atomic mass is 10.0. The quantitative estimate of drug-likeness (QED) is 0.404. The largest absolute Gasteiger partial charge is 0.0817 e. The van der Waals surface area contributed by atoms with E-state index < -0.39 is 0 Å². The molecule has 0 aromatic rings. The molecule has 0 amide bonds. The van der Waals surface area contributed by atoms with Crippen molar-refractivity contribution in [2.75, 3.05) is 5.75 Å². The Kier molecular flexibility index (Phi) is 10.4. The Hall–Kier alpha value is 0.700. The summed E-state index contributed by atoms with van der Waals surface area (Å²) in [7, 11) is 1.55. The first-order valence-corrected chi connectivity index (χ1v) is 6.93. The molecule has 0 aromatic heterocycles. The monoisotopic (exact) mass is 205 g/mol. The average molecular weight is 205 g/mol. The van der Waals surface area contributed by atoms with Crippen LogP contribution in [0.25, 0.3) is 0 Å². The molecule has 0 N–H and O–H groups in total. The van der Waals surface area contributed by atoms with E-state index in [0.29, 0.717) is 0 Å². The molecule has 0 aromatic carbocycles. The number of rotatable bonds is 8. The van der Waals surface area contributed by atoms with Crippen LogP contribution in [0.1, 0.15) is 52.4 Å². The Morgan fingerprint density at radius 3 is 2.17 bits per heavy atom. The van der Waals surface area contributed by atoms with Gasteiger partial charge in [0.15, 0.2) is 0 Å². The van der Waals surface area contributed by atoms with Crippen molar-refractivity contribution < 1.29 is 0 Å². The third kappa shape index (κ3) is 10.7. The third-order valence-electron chi connectivity index (χ3n) is 2.01. The zero-order valence-electron chi connectivity index (χ0n) is 8.34. The molecular formula is C10H21S2. The van der Waals surface area contributed by atoms with E-state index in [-0.39, 0.29) is 0 Å². The van der Waals surface area contributed by atoms with Crippen LogP contribution in [0.4, 0.5) is 0 Å². The second kappa shape index (κ2) is 9.79. The van der Waals surface area contributed by atoms with E-state index in [9.17, 15) is 0 Å². The Bertz CT molecular complexity index is 81.9. The number of hydrogen-bond acceptors (Lipinski definition) is 1. The Labute approximate surface area is 86.7 Å². The van der Waals surface area contributed by atoms with Gasteiger partial charge in [-0.3, -0.25) is 0 Å². The molecule has 12 heavy (non-hydrogen) atoms. The van der Waals surface area contributed by atoms with E-state index in [1.165, 1.54) is 44.3 Å². The first-order chi connectivity index (χ1) is 5.77. The molecule has 0 unspecified atom stereocenters. The van der Waals surface area contributed by atoms with E-state index >= 15 is 0 Å². The predicted octanol–water partition coefficient (Wildman–Crippen LogP) is 4.83. The predicted molar refractivity (Wildman–Crippen MR) is 62.6 cm³/mol. The molecule has 0 saturated heterocycles. The first-order valence-electron chi connectivity index (χ1n) is 5.02. The zero-order chi connectivity index (χ0) is 9.23. The van der Waals surface area contributed by atoms with Crippen LogP contribution in [0.3, 0.4) is 0 Å². The fraction of sp³-hybridized carbons (Fsp3) is 1.00. The fourth-order valence-corrected chi connectivity index (χ4v) is 1.92. The van der Waals surface area contributed by atoms with E-state index in [1.807, 2.05) is 0 Å². The van der Waals surface area contributed by atoms with Crippen molar-refractivity contribution in [3.8, 4) is 0 Å². The molecule has 0 saturated carbocycles. The van der Waals surface area contributed by atoms with Crippen LogP contribution in [-0.2, 0) is 0 Å². The van der Waals surface area contributed by atoms with Crippen LogP contribution >= 0.6 is 22.5 Å². The van der Waals surface area contributed by atoms with Crippen molar-refractivity contribution in [3.63, 3.8) is 0 Å². The molecule has 1 radical (unpaired) electrons. The topological polar surface area (TPSA) is 0 Å². The van der Waals surface area contributed by atoms with Gasteiger partial charge in [0.1, 0.15) is 0 Å². The summed E-state index contributed by atoms with van der Waals surface area (Å²) in [6.45, 7) is 4.60. The van der Waals surface area contributed by atoms with Crippen LogP contribution in [0.2, 0.25) is 0 Å². The standard InChI is InChI=1S/C10H21S2/c1-10(2)8-6-4-3-5-7-9-12-11/h10H,3-9H2,1-2H3. The summed E-state index contributed by atoms with van der Waals surface area (Å²) in [5, 5.41) is 0. The van der Waals surface area contributed by atoms with Crippen molar-refractivity contribution >= 4 is 22.5 Å². The molecule has 0 atom stereocenters. The zero-order valence-corrected chi connectivity index (χ0v) is 9.98. The van der Waals surface area contributed by atoms with Gasteiger partial charge in [0.05, 0.1) is 0 Å². The summed E-state index contributed by atoms with van der Waals surface area (Å²) in [6.07, 6.45) is 8.33. The van der Waals surface area contributed by atoms with Gasteiger partial charge in [-0.1, -0.05) is 56.7 Å². The highest BCUT2D eigenvalue weighted by Crippen LogP contribution is 2.13. The van der Waals surface area contributed by atoms with Gasteiger partial charge < -0.3 is 0 Å². The summed E-state index contributed by atoms with van der Waals surface area (Å²) in [5.74, 6) is 2.05. The van der Waals surface area contributed by atoms with Crippen molar-refractivity contribution in [1.29, 1.82) is 0 Å². The van der Waals surface area contributed by atoms with Gasteiger partial charge in [-0.25, -0.2) is 0 Å². The van der Waals surface area contributed by atoms with Crippen LogP contribution < -0.4 is 0 Å². The van der Waals surface area contributed by atoms with Crippen molar-refractivity contribution in [2.24, 2.45) is 5.92 Å². The minimum absolute atomic E-state index is 0.883. The summed E-state index contributed by atoms with van der Waals surface area (Å²) in [5.41, 5.74) is 0. The lowest BCUT2D eigenvalue weighted by molar-refractivity contribution is 0.519. The van der Waals surface area contributed by atoms with Crippen molar-refractivity contribution in [1.82, 2.24) is 0 Å². The summed E-state index contributed by atoms with van der Waals surface area (Å²) in [6, 6.07) is 0. The van der Waals surface area contributed by atoms with Gasteiger partial charge in [-0.2, -0.15) is 0 Å². The van der Waals surface area contributed by atoms with Crippen LogP contribution in [0.15, 0.2) is 0 Å². The smallest absolute Gasteiger partial charge is 0.00454 e. The minimum atomic E-state index is 0.883. The number of unbranched alkanes of at least 4 members (excludes halogenated alkanes) is 4. The lowest BCUT2D eigenvalue weighted by Gasteiger charge is -2.03. The fourth-order valence-electron chi connectivity index (χ4n) is 1.24. The second-order valence-electron chi connectivity index (χ2n) is 3.77. The van der Waals surface area contributed by atoms with Gasteiger partial charge in [0.2, 0.25) is 0 Å². The molecule has 0 aliphatic rings. The van der Waals surface area contributed by atoms with Gasteiger partial charge in [-0.05, 0) is 24.0 Å². The van der Waals surface area contributed by atoms with E-state index in [1.54, 1.807) is 10.8 Å². The second-order valence-corrected chi connectivity index (χ2v) is 5.12. The Morgan fingerprint density at radius 2 is 1.58 bits per heavy atom. The molecule has 0 heterocycles. The molecule has 0 aliphatic carbocycles. The van der Waals surface area contributed by atoms with Gasteiger partial charge in [-0.15, -0.1) is 0 Å². The highest BCUT2D eigenvalue weighted by molar-refractivity contribution is 8.68. The van der Waals surface area contributed by atoms with Gasteiger partial charge >= 0.3 is 0 Å². The molecule has 0 rings (SSSR count). The molecule has 2 heteroatoms. The summed E-state index contributed by atoms with van der Waals surface area (Å²) in [4.78, 5) is 0. The van der Waals surface area contributed by atoms with Crippen LogP contribution in [0.5, 0.6) is 0 Å². The third-order valence-corrected chi connectivity index (χ3v) is 2.96. The highest BCUT2D eigenvalue weighted by atomic mass is 33.1. The summed E-state index contributed by atoms with van der Waals surface area (Å²) < 4.78 is 0. The maximum absolute atomic E-state index is 4.80. The van der Waals surface area contributed by atoms with Gasteiger partial charge in [0.25, 0.3) is 0 Å². The van der Waals surface area contributed by atoms with E-state index in [4.69, 9.17) is 11.7 Å². The Balaban J connectivity index is 2.82. The summed E-state index contributed by atoms with van der Waals surface area (Å²) >= 11 is 4.80. The van der Waals surface area contributed by atoms with Crippen LogP contribution in [0, 0.1) is 5.92 Å². The molecule has 0 bridgehead atoms. The first kappa shape index (κ1) is 12.7.